The molecule has 0 spiro atoms. The number of carboxylic acid groups (broad SMARTS) is 1. The van der Waals surface area contributed by atoms with Crippen molar-refractivity contribution >= 4 is 33.6 Å². The molecule has 0 radical (unpaired) electrons. The first-order valence-corrected chi connectivity index (χ1v) is 7.68. The van der Waals surface area contributed by atoms with Crippen molar-refractivity contribution in [3.05, 3.63) is 27.7 Å². The molecule has 0 aromatic heterocycles. The molecule has 1 saturated carbocycles. The molecule has 0 saturated heterocycles. The number of benzene rings is 1. The SMILES string of the molecule is Cc1cc(C)c(NC(=O)NC2(CC(=O)O)CCC2)c(Br)c1. The third-order valence-electron chi connectivity index (χ3n) is 3.85. The van der Waals surface area contributed by atoms with E-state index in [-0.39, 0.29) is 12.5 Å². The number of carbonyl (C=O) groups is 2. The van der Waals surface area contributed by atoms with Gasteiger partial charge in [0.25, 0.3) is 0 Å². The van der Waals surface area contributed by atoms with Gasteiger partial charge < -0.3 is 15.7 Å². The summed E-state index contributed by atoms with van der Waals surface area (Å²) in [6, 6.07) is 3.55. The number of amides is 2. The molecule has 0 atom stereocenters. The van der Waals surface area contributed by atoms with Crippen LogP contribution in [0.5, 0.6) is 0 Å². The molecular formula is C15H19BrN2O3. The van der Waals surface area contributed by atoms with Crippen LogP contribution in [-0.4, -0.2) is 22.6 Å². The summed E-state index contributed by atoms with van der Waals surface area (Å²) in [6.45, 7) is 3.90. The van der Waals surface area contributed by atoms with Crippen LogP contribution in [0, 0.1) is 13.8 Å². The lowest BCUT2D eigenvalue weighted by Gasteiger charge is -2.41. The van der Waals surface area contributed by atoms with Crippen molar-refractivity contribution in [3.63, 3.8) is 0 Å². The molecule has 3 N–H and O–H groups in total. The predicted octanol–water partition coefficient (Wildman–Crippen LogP) is 3.58. The highest BCUT2D eigenvalue weighted by molar-refractivity contribution is 9.10. The summed E-state index contributed by atoms with van der Waals surface area (Å²) in [6.07, 6.45) is 2.33. The number of hydrogen-bond donors (Lipinski definition) is 3. The van der Waals surface area contributed by atoms with E-state index in [9.17, 15) is 9.59 Å². The lowest BCUT2D eigenvalue weighted by Crippen LogP contribution is -2.55. The summed E-state index contributed by atoms with van der Waals surface area (Å²) >= 11 is 3.44. The molecule has 2 rings (SSSR count). The Bertz CT molecular complexity index is 559. The third-order valence-corrected chi connectivity index (χ3v) is 4.47. The Hall–Kier alpha value is -1.56. The van der Waals surface area contributed by atoms with Crippen molar-refractivity contribution < 1.29 is 14.7 Å². The van der Waals surface area contributed by atoms with E-state index in [2.05, 4.69) is 26.6 Å². The van der Waals surface area contributed by atoms with Crippen LogP contribution in [0.1, 0.15) is 36.8 Å². The molecule has 2 amide bonds. The van der Waals surface area contributed by atoms with Crippen molar-refractivity contribution in [1.29, 1.82) is 0 Å². The molecule has 1 aliphatic carbocycles. The smallest absolute Gasteiger partial charge is 0.319 e. The summed E-state index contributed by atoms with van der Waals surface area (Å²) in [5, 5.41) is 14.6. The van der Waals surface area contributed by atoms with E-state index in [1.807, 2.05) is 26.0 Å². The van der Waals surface area contributed by atoms with Crippen LogP contribution in [-0.2, 0) is 4.79 Å². The zero-order valence-electron chi connectivity index (χ0n) is 12.1. The lowest BCUT2D eigenvalue weighted by molar-refractivity contribution is -0.139. The maximum atomic E-state index is 12.2. The van der Waals surface area contributed by atoms with Crippen molar-refractivity contribution in [2.75, 3.05) is 5.32 Å². The van der Waals surface area contributed by atoms with Crippen molar-refractivity contribution in [3.8, 4) is 0 Å². The average molecular weight is 355 g/mol. The van der Waals surface area contributed by atoms with Crippen LogP contribution < -0.4 is 10.6 Å². The minimum Gasteiger partial charge on any atom is -0.481 e. The topological polar surface area (TPSA) is 78.4 Å². The zero-order chi connectivity index (χ0) is 15.6. The molecule has 0 heterocycles. The van der Waals surface area contributed by atoms with Gasteiger partial charge in [0, 0.05) is 4.47 Å². The maximum Gasteiger partial charge on any atom is 0.319 e. The van der Waals surface area contributed by atoms with Gasteiger partial charge in [-0.2, -0.15) is 0 Å². The van der Waals surface area contributed by atoms with Gasteiger partial charge in [-0.15, -0.1) is 0 Å². The number of rotatable bonds is 4. The second kappa shape index (κ2) is 6.05. The van der Waals surface area contributed by atoms with Gasteiger partial charge in [-0.05, 0) is 66.2 Å². The van der Waals surface area contributed by atoms with Gasteiger partial charge in [-0.1, -0.05) is 6.07 Å². The first-order valence-electron chi connectivity index (χ1n) is 6.89. The van der Waals surface area contributed by atoms with E-state index < -0.39 is 11.5 Å². The zero-order valence-corrected chi connectivity index (χ0v) is 13.7. The number of aliphatic carboxylic acids is 1. The number of halogens is 1. The fourth-order valence-corrected chi connectivity index (χ4v) is 3.47. The van der Waals surface area contributed by atoms with Gasteiger partial charge in [0.1, 0.15) is 0 Å². The summed E-state index contributed by atoms with van der Waals surface area (Å²) < 4.78 is 0.816. The quantitative estimate of drug-likeness (QED) is 0.772. The molecule has 1 fully saturated rings. The van der Waals surface area contributed by atoms with Crippen LogP contribution in [0.15, 0.2) is 16.6 Å². The second-order valence-electron chi connectivity index (χ2n) is 5.72. The molecule has 0 bridgehead atoms. The summed E-state index contributed by atoms with van der Waals surface area (Å²) in [5.41, 5.74) is 2.17. The fraction of sp³-hybridized carbons (Fsp3) is 0.467. The van der Waals surface area contributed by atoms with Crippen LogP contribution in [0.4, 0.5) is 10.5 Å². The number of urea groups is 1. The highest BCUT2D eigenvalue weighted by atomic mass is 79.9. The van der Waals surface area contributed by atoms with E-state index in [4.69, 9.17) is 5.11 Å². The van der Waals surface area contributed by atoms with E-state index in [1.54, 1.807) is 0 Å². The molecule has 21 heavy (non-hydrogen) atoms. The van der Waals surface area contributed by atoms with Gasteiger partial charge in [0.05, 0.1) is 17.6 Å². The van der Waals surface area contributed by atoms with Gasteiger partial charge >= 0.3 is 12.0 Å². The number of anilines is 1. The molecule has 0 unspecified atom stereocenters. The minimum absolute atomic E-state index is 0.0333. The molecule has 6 heteroatoms. The summed E-state index contributed by atoms with van der Waals surface area (Å²) in [4.78, 5) is 23.1. The Balaban J connectivity index is 2.07. The Kier molecular flexibility index (Phi) is 4.56. The second-order valence-corrected chi connectivity index (χ2v) is 6.58. The van der Waals surface area contributed by atoms with Gasteiger partial charge in [-0.3, -0.25) is 4.79 Å². The molecule has 1 aliphatic rings. The number of carbonyl (C=O) groups excluding carboxylic acids is 1. The highest BCUT2D eigenvalue weighted by Gasteiger charge is 2.40. The van der Waals surface area contributed by atoms with E-state index in [1.165, 1.54) is 0 Å². The van der Waals surface area contributed by atoms with Gasteiger partial charge in [-0.25, -0.2) is 4.79 Å². The standard InChI is InChI=1S/C15H19BrN2O3/c1-9-6-10(2)13(11(16)7-9)17-14(21)18-15(4-3-5-15)8-12(19)20/h6-7H,3-5,8H2,1-2H3,(H,19,20)(H2,17,18,21). The molecule has 5 nitrogen and oxygen atoms in total. The van der Waals surface area contributed by atoms with Crippen molar-refractivity contribution in [2.45, 2.75) is 45.1 Å². The fourth-order valence-electron chi connectivity index (χ4n) is 2.70. The van der Waals surface area contributed by atoms with Gasteiger partial charge in [0.15, 0.2) is 0 Å². The summed E-state index contributed by atoms with van der Waals surface area (Å²) in [7, 11) is 0. The first kappa shape index (κ1) is 15.8. The van der Waals surface area contributed by atoms with E-state index in [0.29, 0.717) is 18.5 Å². The molecule has 1 aromatic rings. The van der Waals surface area contributed by atoms with Crippen LogP contribution in [0.25, 0.3) is 0 Å². The predicted molar refractivity (Wildman–Crippen MR) is 84.6 cm³/mol. The lowest BCUT2D eigenvalue weighted by atomic mass is 9.74. The van der Waals surface area contributed by atoms with E-state index in [0.717, 1.165) is 22.0 Å². The van der Waals surface area contributed by atoms with Gasteiger partial charge in [0.2, 0.25) is 0 Å². The Morgan fingerprint density at radius 2 is 2.00 bits per heavy atom. The number of aryl methyl sites for hydroxylation is 2. The third kappa shape index (κ3) is 3.75. The normalized spacial score (nSPS) is 16.0. The molecule has 0 aliphatic heterocycles. The Morgan fingerprint density at radius 3 is 2.48 bits per heavy atom. The Morgan fingerprint density at radius 1 is 1.33 bits per heavy atom. The highest BCUT2D eigenvalue weighted by Crippen LogP contribution is 2.35. The minimum atomic E-state index is -0.886. The number of nitrogens with one attached hydrogen (secondary N) is 2. The monoisotopic (exact) mass is 354 g/mol. The van der Waals surface area contributed by atoms with Crippen LogP contribution in [0.3, 0.4) is 0 Å². The first-order chi connectivity index (χ1) is 9.81. The van der Waals surface area contributed by atoms with Crippen molar-refractivity contribution in [1.82, 2.24) is 5.32 Å². The average Bonchev–Trinajstić information content (AvgIpc) is 2.30. The Labute approximate surface area is 132 Å². The van der Waals surface area contributed by atoms with Crippen LogP contribution >= 0.6 is 15.9 Å². The van der Waals surface area contributed by atoms with Crippen LogP contribution in [0.2, 0.25) is 0 Å². The van der Waals surface area contributed by atoms with E-state index >= 15 is 0 Å². The molecule has 1 aromatic carbocycles. The number of carboxylic acids is 1. The summed E-state index contributed by atoms with van der Waals surface area (Å²) in [5.74, 6) is -0.886. The number of hydrogen-bond acceptors (Lipinski definition) is 2. The maximum absolute atomic E-state index is 12.2. The molecule has 114 valence electrons. The molecular weight excluding hydrogens is 336 g/mol. The largest absolute Gasteiger partial charge is 0.481 e. The van der Waals surface area contributed by atoms with Crippen molar-refractivity contribution in [2.24, 2.45) is 0 Å².